The van der Waals surface area contributed by atoms with Crippen molar-refractivity contribution >= 4 is 39.7 Å². The van der Waals surface area contributed by atoms with Gasteiger partial charge in [0.1, 0.15) is 5.75 Å². The molecule has 0 radical (unpaired) electrons. The van der Waals surface area contributed by atoms with Crippen molar-refractivity contribution in [3.63, 3.8) is 0 Å². The highest BCUT2D eigenvalue weighted by Crippen LogP contribution is 2.31. The summed E-state index contributed by atoms with van der Waals surface area (Å²) in [6.07, 6.45) is 0. The maximum Gasteiger partial charge on any atom is 0.124 e. The van der Waals surface area contributed by atoms with Crippen molar-refractivity contribution in [2.45, 2.75) is 6.04 Å². The molecule has 0 bridgehead atoms. The highest BCUT2D eigenvalue weighted by Gasteiger charge is 2.14. The van der Waals surface area contributed by atoms with Gasteiger partial charge in [0.15, 0.2) is 0 Å². The average molecular weight is 335 g/mol. The maximum absolute atomic E-state index is 6.21. The lowest BCUT2D eigenvalue weighted by molar-refractivity contribution is 0.408. The fraction of sp³-hybridized carbons (Fsp3) is 0.167. The Hall–Kier alpha value is -0.550. The van der Waals surface area contributed by atoms with Crippen LogP contribution in [0, 0.1) is 0 Å². The maximum atomic E-state index is 6.21. The van der Waals surface area contributed by atoms with Crippen molar-refractivity contribution in [2.75, 3.05) is 7.11 Å². The quantitative estimate of drug-likeness (QED) is 0.921. The number of hydrogen-bond donors (Lipinski definition) is 1. The van der Waals surface area contributed by atoms with Gasteiger partial charge in [0.05, 0.1) is 13.2 Å². The van der Waals surface area contributed by atoms with Crippen LogP contribution in [0.5, 0.6) is 5.75 Å². The van der Waals surface area contributed by atoms with Crippen LogP contribution in [-0.4, -0.2) is 7.11 Å². The molecule has 2 aromatic rings. The SMILES string of the molecule is COc1ccc(Br)cc1[C@H](N)c1ccsc1.Cl. The summed E-state index contributed by atoms with van der Waals surface area (Å²) in [6, 6.07) is 7.77. The predicted octanol–water partition coefficient (Wildman–Crippen LogP) is 3.99. The Morgan fingerprint density at radius 3 is 2.71 bits per heavy atom. The molecule has 1 aromatic carbocycles. The summed E-state index contributed by atoms with van der Waals surface area (Å²) in [4.78, 5) is 0. The highest BCUT2D eigenvalue weighted by molar-refractivity contribution is 9.10. The van der Waals surface area contributed by atoms with Crippen molar-refractivity contribution in [1.29, 1.82) is 0 Å². The number of methoxy groups -OCH3 is 1. The Morgan fingerprint density at radius 1 is 1.35 bits per heavy atom. The van der Waals surface area contributed by atoms with Crippen molar-refractivity contribution in [3.05, 3.63) is 50.6 Å². The van der Waals surface area contributed by atoms with E-state index < -0.39 is 0 Å². The number of hydrogen-bond acceptors (Lipinski definition) is 3. The number of nitrogens with two attached hydrogens (primary N) is 1. The minimum absolute atomic E-state index is 0. The molecule has 0 saturated carbocycles. The van der Waals surface area contributed by atoms with E-state index >= 15 is 0 Å². The van der Waals surface area contributed by atoms with Crippen LogP contribution in [-0.2, 0) is 0 Å². The molecule has 0 unspecified atom stereocenters. The molecule has 17 heavy (non-hydrogen) atoms. The number of thiophene rings is 1. The second kappa shape index (κ2) is 6.40. The minimum Gasteiger partial charge on any atom is -0.496 e. The standard InChI is InChI=1S/C12H12BrNOS.ClH/c1-15-11-3-2-9(13)6-10(11)12(14)8-4-5-16-7-8;/h2-7,12H,14H2,1H3;1H/t12-;/m1./s1. The van der Waals surface area contributed by atoms with E-state index in [1.54, 1.807) is 18.4 Å². The molecule has 1 aromatic heterocycles. The van der Waals surface area contributed by atoms with E-state index in [4.69, 9.17) is 10.5 Å². The van der Waals surface area contributed by atoms with Gasteiger partial charge in [-0.15, -0.1) is 12.4 Å². The summed E-state index contributed by atoms with van der Waals surface area (Å²) in [5.74, 6) is 0.821. The van der Waals surface area contributed by atoms with Gasteiger partial charge in [0.25, 0.3) is 0 Å². The lowest BCUT2D eigenvalue weighted by Crippen LogP contribution is -2.12. The van der Waals surface area contributed by atoms with Gasteiger partial charge in [-0.1, -0.05) is 15.9 Å². The second-order valence-corrected chi connectivity index (χ2v) is 5.12. The number of rotatable bonds is 3. The highest BCUT2D eigenvalue weighted by atomic mass is 79.9. The number of benzene rings is 1. The molecule has 1 atom stereocenters. The molecule has 0 fully saturated rings. The molecule has 0 spiro atoms. The fourth-order valence-corrected chi connectivity index (χ4v) is 2.66. The molecule has 0 aliphatic rings. The van der Waals surface area contributed by atoms with Crippen LogP contribution in [0.15, 0.2) is 39.5 Å². The van der Waals surface area contributed by atoms with Crippen LogP contribution in [0.3, 0.4) is 0 Å². The van der Waals surface area contributed by atoms with Crippen molar-refractivity contribution in [2.24, 2.45) is 5.73 Å². The third-order valence-electron chi connectivity index (χ3n) is 2.43. The van der Waals surface area contributed by atoms with Crippen molar-refractivity contribution in [1.82, 2.24) is 0 Å². The Morgan fingerprint density at radius 2 is 2.12 bits per heavy atom. The van der Waals surface area contributed by atoms with Gasteiger partial charge in [-0.05, 0) is 40.6 Å². The first kappa shape index (κ1) is 14.5. The zero-order valence-electron chi connectivity index (χ0n) is 9.22. The summed E-state index contributed by atoms with van der Waals surface area (Å²) < 4.78 is 6.33. The summed E-state index contributed by atoms with van der Waals surface area (Å²) >= 11 is 5.10. The van der Waals surface area contributed by atoms with E-state index in [1.807, 2.05) is 29.6 Å². The van der Waals surface area contributed by atoms with Gasteiger partial charge in [0.2, 0.25) is 0 Å². The number of ether oxygens (including phenoxy) is 1. The van der Waals surface area contributed by atoms with E-state index in [-0.39, 0.29) is 18.4 Å². The zero-order chi connectivity index (χ0) is 11.5. The van der Waals surface area contributed by atoms with Gasteiger partial charge in [-0.25, -0.2) is 0 Å². The fourth-order valence-electron chi connectivity index (χ4n) is 1.58. The smallest absolute Gasteiger partial charge is 0.124 e. The molecule has 2 N–H and O–H groups in total. The van der Waals surface area contributed by atoms with Crippen LogP contribution in [0.4, 0.5) is 0 Å². The lowest BCUT2D eigenvalue weighted by Gasteiger charge is -2.15. The number of halogens is 2. The van der Waals surface area contributed by atoms with E-state index in [2.05, 4.69) is 21.3 Å². The third-order valence-corrected chi connectivity index (χ3v) is 3.62. The summed E-state index contributed by atoms with van der Waals surface area (Å²) in [7, 11) is 1.66. The molecular weight excluding hydrogens is 322 g/mol. The Labute approximate surface area is 119 Å². The summed E-state index contributed by atoms with van der Waals surface area (Å²) in [5, 5.41) is 4.09. The molecule has 0 aliphatic heterocycles. The van der Waals surface area contributed by atoms with E-state index in [1.165, 1.54) is 0 Å². The first-order valence-corrected chi connectivity index (χ1v) is 6.57. The monoisotopic (exact) mass is 333 g/mol. The first-order chi connectivity index (χ1) is 7.72. The van der Waals surface area contributed by atoms with Gasteiger partial charge in [0, 0.05) is 10.0 Å². The predicted molar refractivity (Wildman–Crippen MR) is 78.3 cm³/mol. The topological polar surface area (TPSA) is 35.2 Å². The zero-order valence-corrected chi connectivity index (χ0v) is 12.4. The van der Waals surface area contributed by atoms with Gasteiger partial charge >= 0.3 is 0 Å². The Kier molecular flexibility index (Phi) is 5.46. The Bertz CT molecular complexity index is 475. The average Bonchev–Trinajstić information content (AvgIpc) is 2.81. The third kappa shape index (κ3) is 3.22. The van der Waals surface area contributed by atoms with Crippen molar-refractivity contribution < 1.29 is 4.74 Å². The molecule has 92 valence electrons. The van der Waals surface area contributed by atoms with E-state index in [0.29, 0.717) is 0 Å². The molecule has 2 rings (SSSR count). The molecule has 5 heteroatoms. The normalized spacial score (nSPS) is 11.7. The summed E-state index contributed by atoms with van der Waals surface area (Å²) in [6.45, 7) is 0. The molecule has 2 nitrogen and oxygen atoms in total. The van der Waals surface area contributed by atoms with Crippen molar-refractivity contribution in [3.8, 4) is 5.75 Å². The second-order valence-electron chi connectivity index (χ2n) is 3.42. The largest absolute Gasteiger partial charge is 0.496 e. The summed E-state index contributed by atoms with van der Waals surface area (Å²) in [5.41, 5.74) is 8.32. The molecule has 0 saturated heterocycles. The minimum atomic E-state index is -0.140. The van der Waals surface area contributed by atoms with Crippen LogP contribution < -0.4 is 10.5 Å². The van der Waals surface area contributed by atoms with Gasteiger partial charge in [-0.3, -0.25) is 0 Å². The first-order valence-electron chi connectivity index (χ1n) is 4.83. The van der Waals surface area contributed by atoms with Crippen LogP contribution >= 0.6 is 39.7 Å². The molecule has 1 heterocycles. The molecule has 0 amide bonds. The van der Waals surface area contributed by atoms with Crippen LogP contribution in [0.2, 0.25) is 0 Å². The molecular formula is C12H13BrClNOS. The van der Waals surface area contributed by atoms with E-state index in [0.717, 1.165) is 21.3 Å². The lowest BCUT2D eigenvalue weighted by atomic mass is 10.0. The Balaban J connectivity index is 0.00000144. The van der Waals surface area contributed by atoms with Crippen LogP contribution in [0.25, 0.3) is 0 Å². The van der Waals surface area contributed by atoms with Gasteiger partial charge < -0.3 is 10.5 Å². The molecule has 0 aliphatic carbocycles. The van der Waals surface area contributed by atoms with Gasteiger partial charge in [-0.2, -0.15) is 11.3 Å². The van der Waals surface area contributed by atoms with Crippen LogP contribution in [0.1, 0.15) is 17.2 Å². The van der Waals surface area contributed by atoms with E-state index in [9.17, 15) is 0 Å².